The Balaban J connectivity index is 2.90. The molecule has 1 aromatic heterocycles. The van der Waals surface area contributed by atoms with E-state index in [4.69, 9.17) is 11.1 Å². The van der Waals surface area contributed by atoms with Crippen LogP contribution in [0, 0.1) is 5.41 Å². The van der Waals surface area contributed by atoms with Crippen molar-refractivity contribution >= 4 is 17.2 Å². The summed E-state index contributed by atoms with van der Waals surface area (Å²) in [5, 5.41) is 8.18. The molecule has 4 heteroatoms. The number of nitrogens with two attached hydrogens (primary N) is 1. The molecule has 0 fully saturated rings. The molecular weight excluding hydrogens is 158 g/mol. The number of rotatable bonds is 2. The van der Waals surface area contributed by atoms with Crippen molar-refractivity contribution in [2.75, 3.05) is 0 Å². The van der Waals surface area contributed by atoms with Gasteiger partial charge in [-0.2, -0.15) is 0 Å². The Morgan fingerprint density at radius 2 is 2.36 bits per heavy atom. The van der Waals surface area contributed by atoms with Crippen molar-refractivity contribution in [3.63, 3.8) is 0 Å². The van der Waals surface area contributed by atoms with E-state index in [1.807, 2.05) is 0 Å². The number of aromatic nitrogens is 1. The summed E-state index contributed by atoms with van der Waals surface area (Å²) in [6.07, 6.45) is 1.66. The van der Waals surface area contributed by atoms with Gasteiger partial charge in [0, 0.05) is 12.1 Å². The minimum atomic E-state index is 0.106. The molecular formula is C7H11N3S. The average Bonchev–Trinajstić information content (AvgIpc) is 2.33. The molecule has 0 aromatic carbocycles. The Hall–Kier alpha value is -0.900. The first kappa shape index (κ1) is 8.20. The van der Waals surface area contributed by atoms with Gasteiger partial charge in [-0.1, -0.05) is 13.8 Å². The standard InChI is InChI=1S/C7H11N3S/c1-4(2)7-10-3-5(11-7)6(8)9/h3-4H,1-2H3,(H3,8,9). The maximum absolute atomic E-state index is 7.14. The molecule has 0 spiro atoms. The van der Waals surface area contributed by atoms with Crippen LogP contribution < -0.4 is 5.73 Å². The Bertz CT molecular complexity index is 264. The molecule has 3 nitrogen and oxygen atoms in total. The maximum Gasteiger partial charge on any atom is 0.134 e. The molecule has 1 rings (SSSR count). The monoisotopic (exact) mass is 169 g/mol. The summed E-state index contributed by atoms with van der Waals surface area (Å²) in [7, 11) is 0. The van der Waals surface area contributed by atoms with Crippen molar-refractivity contribution in [1.82, 2.24) is 4.98 Å². The number of nitrogen functional groups attached to an aromatic ring is 1. The minimum absolute atomic E-state index is 0.106. The van der Waals surface area contributed by atoms with E-state index >= 15 is 0 Å². The lowest BCUT2D eigenvalue weighted by atomic mass is 10.2. The van der Waals surface area contributed by atoms with Crippen LogP contribution in [-0.4, -0.2) is 10.8 Å². The third kappa shape index (κ3) is 1.77. The third-order valence-corrected chi connectivity index (χ3v) is 2.61. The number of hydrogen-bond donors (Lipinski definition) is 2. The van der Waals surface area contributed by atoms with Crippen LogP contribution in [-0.2, 0) is 0 Å². The lowest BCUT2D eigenvalue weighted by molar-refractivity contribution is 0.852. The van der Waals surface area contributed by atoms with Crippen LogP contribution in [0.3, 0.4) is 0 Å². The quantitative estimate of drug-likeness (QED) is 0.521. The fourth-order valence-electron chi connectivity index (χ4n) is 0.679. The highest BCUT2D eigenvalue weighted by Gasteiger charge is 2.06. The van der Waals surface area contributed by atoms with Gasteiger partial charge in [-0.25, -0.2) is 4.98 Å². The molecule has 60 valence electrons. The van der Waals surface area contributed by atoms with Gasteiger partial charge in [0.1, 0.15) is 5.84 Å². The molecule has 0 atom stereocenters. The maximum atomic E-state index is 7.14. The first-order chi connectivity index (χ1) is 5.11. The van der Waals surface area contributed by atoms with Crippen LogP contribution in [0.2, 0.25) is 0 Å². The zero-order chi connectivity index (χ0) is 8.43. The number of amidine groups is 1. The summed E-state index contributed by atoms with van der Waals surface area (Å²) in [5.41, 5.74) is 5.28. The van der Waals surface area contributed by atoms with Crippen LogP contribution in [0.5, 0.6) is 0 Å². The summed E-state index contributed by atoms with van der Waals surface area (Å²) in [4.78, 5) is 4.89. The van der Waals surface area contributed by atoms with Crippen molar-refractivity contribution in [2.24, 2.45) is 5.73 Å². The summed E-state index contributed by atoms with van der Waals surface area (Å²) < 4.78 is 0. The van der Waals surface area contributed by atoms with Gasteiger partial charge in [0.15, 0.2) is 0 Å². The first-order valence-corrected chi connectivity index (χ1v) is 4.23. The van der Waals surface area contributed by atoms with E-state index in [0.717, 1.165) is 9.88 Å². The van der Waals surface area contributed by atoms with Crippen LogP contribution in [0.1, 0.15) is 29.7 Å². The van der Waals surface area contributed by atoms with E-state index < -0.39 is 0 Å². The molecule has 3 N–H and O–H groups in total. The van der Waals surface area contributed by atoms with Gasteiger partial charge in [-0.05, 0) is 0 Å². The fourth-order valence-corrected chi connectivity index (χ4v) is 1.46. The molecule has 0 saturated heterocycles. The fraction of sp³-hybridized carbons (Fsp3) is 0.429. The smallest absolute Gasteiger partial charge is 0.134 e. The zero-order valence-electron chi connectivity index (χ0n) is 6.59. The normalized spacial score (nSPS) is 10.5. The highest BCUT2D eigenvalue weighted by molar-refractivity contribution is 7.13. The topological polar surface area (TPSA) is 62.8 Å². The highest BCUT2D eigenvalue weighted by atomic mass is 32.1. The molecule has 0 radical (unpaired) electrons. The van der Waals surface area contributed by atoms with Gasteiger partial charge in [0.05, 0.1) is 9.88 Å². The Morgan fingerprint density at radius 3 is 2.64 bits per heavy atom. The summed E-state index contributed by atoms with van der Waals surface area (Å²) in [6, 6.07) is 0. The predicted octanol–water partition coefficient (Wildman–Crippen LogP) is 1.55. The SMILES string of the molecule is CC(C)c1ncc(C(=N)N)s1. The molecule has 0 unspecified atom stereocenters. The van der Waals surface area contributed by atoms with Crippen molar-refractivity contribution in [2.45, 2.75) is 19.8 Å². The van der Waals surface area contributed by atoms with Crippen LogP contribution in [0.15, 0.2) is 6.20 Å². The Labute approximate surface area is 69.8 Å². The van der Waals surface area contributed by atoms with E-state index in [9.17, 15) is 0 Å². The Kier molecular flexibility index (Phi) is 2.24. The molecule has 0 aliphatic heterocycles. The number of thiazole rings is 1. The summed E-state index contributed by atoms with van der Waals surface area (Å²) >= 11 is 1.49. The van der Waals surface area contributed by atoms with Crippen molar-refractivity contribution in [3.8, 4) is 0 Å². The van der Waals surface area contributed by atoms with E-state index in [1.165, 1.54) is 11.3 Å². The molecule has 0 aliphatic rings. The summed E-state index contributed by atoms with van der Waals surface area (Å²) in [6.45, 7) is 4.14. The number of nitrogens with one attached hydrogen (secondary N) is 1. The molecule has 11 heavy (non-hydrogen) atoms. The number of nitrogens with zero attached hydrogens (tertiary/aromatic N) is 1. The molecule has 1 heterocycles. The van der Waals surface area contributed by atoms with E-state index in [0.29, 0.717) is 5.92 Å². The van der Waals surface area contributed by atoms with Crippen LogP contribution >= 0.6 is 11.3 Å². The largest absolute Gasteiger partial charge is 0.383 e. The second-order valence-electron chi connectivity index (χ2n) is 2.63. The van der Waals surface area contributed by atoms with Gasteiger partial charge in [0.25, 0.3) is 0 Å². The van der Waals surface area contributed by atoms with Gasteiger partial charge >= 0.3 is 0 Å². The average molecular weight is 169 g/mol. The summed E-state index contributed by atoms with van der Waals surface area (Å²) in [5.74, 6) is 0.530. The van der Waals surface area contributed by atoms with Crippen molar-refractivity contribution in [3.05, 3.63) is 16.1 Å². The molecule has 1 aromatic rings. The molecule has 0 amide bonds. The Morgan fingerprint density at radius 1 is 1.73 bits per heavy atom. The van der Waals surface area contributed by atoms with Gasteiger partial charge in [0.2, 0.25) is 0 Å². The van der Waals surface area contributed by atoms with E-state index in [1.54, 1.807) is 6.20 Å². The highest BCUT2D eigenvalue weighted by Crippen LogP contribution is 2.20. The first-order valence-electron chi connectivity index (χ1n) is 3.41. The molecule has 0 aliphatic carbocycles. The van der Waals surface area contributed by atoms with E-state index in [2.05, 4.69) is 18.8 Å². The third-order valence-electron chi connectivity index (χ3n) is 1.28. The number of hydrogen-bond acceptors (Lipinski definition) is 3. The predicted molar refractivity (Wildman–Crippen MR) is 47.2 cm³/mol. The van der Waals surface area contributed by atoms with Crippen LogP contribution in [0.4, 0.5) is 0 Å². The second-order valence-corrected chi connectivity index (χ2v) is 3.69. The van der Waals surface area contributed by atoms with Crippen molar-refractivity contribution in [1.29, 1.82) is 5.41 Å². The van der Waals surface area contributed by atoms with Gasteiger partial charge < -0.3 is 5.73 Å². The lowest BCUT2D eigenvalue weighted by Crippen LogP contribution is -2.08. The van der Waals surface area contributed by atoms with Gasteiger partial charge in [-0.3, -0.25) is 5.41 Å². The minimum Gasteiger partial charge on any atom is -0.383 e. The molecule has 0 saturated carbocycles. The van der Waals surface area contributed by atoms with Crippen LogP contribution in [0.25, 0.3) is 0 Å². The van der Waals surface area contributed by atoms with Crippen molar-refractivity contribution < 1.29 is 0 Å². The van der Waals surface area contributed by atoms with E-state index in [-0.39, 0.29) is 5.84 Å². The lowest BCUT2D eigenvalue weighted by Gasteiger charge is -1.95. The zero-order valence-corrected chi connectivity index (χ0v) is 7.40. The second kappa shape index (κ2) is 3.00. The molecule has 0 bridgehead atoms. The van der Waals surface area contributed by atoms with Gasteiger partial charge in [-0.15, -0.1) is 11.3 Å².